The normalized spacial score (nSPS) is 22.0. The van der Waals surface area contributed by atoms with Gasteiger partial charge in [0.25, 0.3) is 0 Å². The Morgan fingerprint density at radius 2 is 2.22 bits per heavy atom. The molecular weight excluding hydrogens is 252 g/mol. The van der Waals surface area contributed by atoms with Gasteiger partial charge in [0.05, 0.1) is 19.3 Å². The molecule has 0 saturated carbocycles. The summed E-state index contributed by atoms with van der Waals surface area (Å²) < 4.78 is 11.0. The van der Waals surface area contributed by atoms with E-state index in [0.29, 0.717) is 18.0 Å². The fourth-order valence-corrected chi connectivity index (χ4v) is 2.48. The minimum Gasteiger partial charge on any atom is -0.383 e. The van der Waals surface area contributed by atoms with Crippen molar-refractivity contribution in [3.8, 4) is 0 Å². The first kappa shape index (κ1) is 16.2. The molecule has 0 spiro atoms. The summed E-state index contributed by atoms with van der Waals surface area (Å²) in [4.78, 5) is 4.80. The Morgan fingerprint density at radius 3 is 2.83 bits per heavy atom. The SMILES string of the molecule is COCCN(CCCl)CC1CN(C(C)C)CCO1. The van der Waals surface area contributed by atoms with Crippen LogP contribution in [0.2, 0.25) is 0 Å². The van der Waals surface area contributed by atoms with Crippen molar-refractivity contribution in [3.63, 3.8) is 0 Å². The minimum atomic E-state index is 0.293. The third-order valence-corrected chi connectivity index (χ3v) is 3.54. The van der Waals surface area contributed by atoms with E-state index in [-0.39, 0.29) is 0 Å². The standard InChI is InChI=1S/C13H27ClN2O2/c1-12(2)16-7-9-18-13(11-16)10-15(5-4-14)6-8-17-3/h12-13H,4-11H2,1-3H3. The van der Waals surface area contributed by atoms with Crippen LogP contribution in [-0.4, -0.2) is 80.9 Å². The van der Waals surface area contributed by atoms with Crippen LogP contribution >= 0.6 is 11.6 Å². The molecule has 1 aliphatic heterocycles. The monoisotopic (exact) mass is 278 g/mol. The van der Waals surface area contributed by atoms with Gasteiger partial charge in [0.15, 0.2) is 0 Å². The summed E-state index contributed by atoms with van der Waals surface area (Å²) in [7, 11) is 1.73. The van der Waals surface area contributed by atoms with Gasteiger partial charge >= 0.3 is 0 Å². The lowest BCUT2D eigenvalue weighted by atomic mass is 10.2. The van der Waals surface area contributed by atoms with E-state index in [2.05, 4.69) is 23.6 Å². The molecule has 0 aromatic rings. The third kappa shape index (κ3) is 5.85. The summed E-state index contributed by atoms with van der Waals surface area (Å²) in [5, 5.41) is 0. The van der Waals surface area contributed by atoms with Crippen molar-refractivity contribution >= 4 is 11.6 Å². The smallest absolute Gasteiger partial charge is 0.0829 e. The zero-order chi connectivity index (χ0) is 13.4. The Hall–Kier alpha value is 0.130. The van der Waals surface area contributed by atoms with Crippen LogP contribution in [0.25, 0.3) is 0 Å². The van der Waals surface area contributed by atoms with Gasteiger partial charge in [0, 0.05) is 51.8 Å². The first-order valence-corrected chi connectivity index (χ1v) is 7.33. The lowest BCUT2D eigenvalue weighted by Crippen LogP contribution is -2.50. The van der Waals surface area contributed by atoms with Crippen LogP contribution in [0.1, 0.15) is 13.8 Å². The molecule has 5 heteroatoms. The first-order valence-electron chi connectivity index (χ1n) is 6.80. The number of methoxy groups -OCH3 is 1. The van der Waals surface area contributed by atoms with Crippen molar-refractivity contribution in [2.24, 2.45) is 0 Å². The number of rotatable bonds is 8. The highest BCUT2D eigenvalue weighted by atomic mass is 35.5. The maximum atomic E-state index is 5.85. The van der Waals surface area contributed by atoms with Gasteiger partial charge in [-0.25, -0.2) is 0 Å². The van der Waals surface area contributed by atoms with Crippen molar-refractivity contribution in [1.82, 2.24) is 9.80 Å². The molecule has 1 rings (SSSR count). The number of morpholine rings is 1. The zero-order valence-corrected chi connectivity index (χ0v) is 12.7. The lowest BCUT2D eigenvalue weighted by Gasteiger charge is -2.37. The molecule has 1 atom stereocenters. The second-order valence-corrected chi connectivity index (χ2v) is 5.44. The second kappa shape index (κ2) is 9.10. The van der Waals surface area contributed by atoms with E-state index < -0.39 is 0 Å². The molecule has 18 heavy (non-hydrogen) atoms. The van der Waals surface area contributed by atoms with Crippen LogP contribution in [0.5, 0.6) is 0 Å². The van der Waals surface area contributed by atoms with Gasteiger partial charge in [0.1, 0.15) is 0 Å². The van der Waals surface area contributed by atoms with Crippen LogP contribution in [0.4, 0.5) is 0 Å². The fraction of sp³-hybridized carbons (Fsp3) is 1.00. The van der Waals surface area contributed by atoms with Gasteiger partial charge in [-0.05, 0) is 13.8 Å². The average molecular weight is 279 g/mol. The number of halogens is 1. The Bertz CT molecular complexity index is 217. The van der Waals surface area contributed by atoms with Gasteiger partial charge < -0.3 is 9.47 Å². The van der Waals surface area contributed by atoms with Gasteiger partial charge in [-0.3, -0.25) is 9.80 Å². The average Bonchev–Trinajstić information content (AvgIpc) is 2.36. The predicted octanol–water partition coefficient (Wildman–Crippen LogP) is 1.28. The summed E-state index contributed by atoms with van der Waals surface area (Å²) in [6.07, 6.45) is 0.293. The molecule has 0 radical (unpaired) electrons. The van der Waals surface area contributed by atoms with E-state index in [9.17, 15) is 0 Å². The largest absolute Gasteiger partial charge is 0.383 e. The highest BCUT2D eigenvalue weighted by Gasteiger charge is 2.23. The van der Waals surface area contributed by atoms with Gasteiger partial charge in [-0.1, -0.05) is 0 Å². The Morgan fingerprint density at radius 1 is 1.44 bits per heavy atom. The van der Waals surface area contributed by atoms with E-state index in [4.69, 9.17) is 21.1 Å². The summed E-state index contributed by atoms with van der Waals surface area (Å²) in [5.41, 5.74) is 0. The van der Waals surface area contributed by atoms with Crippen molar-refractivity contribution in [3.05, 3.63) is 0 Å². The zero-order valence-electron chi connectivity index (χ0n) is 11.9. The number of hydrogen-bond acceptors (Lipinski definition) is 4. The Kier molecular flexibility index (Phi) is 8.18. The molecule has 1 fully saturated rings. The molecule has 0 aromatic carbocycles. The summed E-state index contributed by atoms with van der Waals surface area (Å²) >= 11 is 5.84. The molecule has 1 heterocycles. The minimum absolute atomic E-state index is 0.293. The van der Waals surface area contributed by atoms with Crippen molar-refractivity contribution in [1.29, 1.82) is 0 Å². The van der Waals surface area contributed by atoms with Crippen molar-refractivity contribution in [2.45, 2.75) is 26.0 Å². The molecule has 0 N–H and O–H groups in total. The molecule has 1 saturated heterocycles. The predicted molar refractivity (Wildman–Crippen MR) is 75.5 cm³/mol. The van der Waals surface area contributed by atoms with E-state index in [1.165, 1.54) is 0 Å². The second-order valence-electron chi connectivity index (χ2n) is 5.06. The van der Waals surface area contributed by atoms with Gasteiger partial charge in [0.2, 0.25) is 0 Å². The number of nitrogens with zero attached hydrogens (tertiary/aromatic N) is 2. The van der Waals surface area contributed by atoms with E-state index in [1.807, 2.05) is 0 Å². The fourth-order valence-electron chi connectivity index (χ4n) is 2.24. The molecule has 108 valence electrons. The number of hydrogen-bond donors (Lipinski definition) is 0. The number of alkyl halides is 1. The van der Waals surface area contributed by atoms with E-state index >= 15 is 0 Å². The summed E-state index contributed by atoms with van der Waals surface area (Å²) in [6, 6.07) is 0.594. The van der Waals surface area contributed by atoms with Crippen LogP contribution in [0, 0.1) is 0 Å². The van der Waals surface area contributed by atoms with Crippen LogP contribution in [-0.2, 0) is 9.47 Å². The highest BCUT2D eigenvalue weighted by Crippen LogP contribution is 2.10. The Labute approximate surface area is 116 Å². The molecule has 0 aromatic heterocycles. The van der Waals surface area contributed by atoms with Crippen LogP contribution in [0.15, 0.2) is 0 Å². The van der Waals surface area contributed by atoms with Crippen LogP contribution in [0.3, 0.4) is 0 Å². The molecule has 4 nitrogen and oxygen atoms in total. The molecule has 1 unspecified atom stereocenters. The topological polar surface area (TPSA) is 24.9 Å². The van der Waals surface area contributed by atoms with Gasteiger partial charge in [-0.15, -0.1) is 11.6 Å². The van der Waals surface area contributed by atoms with Crippen molar-refractivity contribution < 1.29 is 9.47 Å². The van der Waals surface area contributed by atoms with Crippen molar-refractivity contribution in [2.75, 3.05) is 58.9 Å². The Balaban J connectivity index is 2.37. The number of ether oxygens (including phenoxy) is 2. The van der Waals surface area contributed by atoms with Gasteiger partial charge in [-0.2, -0.15) is 0 Å². The van der Waals surface area contributed by atoms with Crippen LogP contribution < -0.4 is 0 Å². The molecular formula is C13H27ClN2O2. The third-order valence-electron chi connectivity index (χ3n) is 3.37. The molecule has 0 aliphatic carbocycles. The molecule has 1 aliphatic rings. The van der Waals surface area contributed by atoms with E-state index in [0.717, 1.165) is 45.9 Å². The lowest BCUT2D eigenvalue weighted by molar-refractivity contribution is -0.0530. The maximum Gasteiger partial charge on any atom is 0.0829 e. The first-order chi connectivity index (χ1) is 8.67. The quantitative estimate of drug-likeness (QED) is 0.625. The molecule has 0 amide bonds. The maximum absolute atomic E-state index is 5.85. The van der Waals surface area contributed by atoms with E-state index in [1.54, 1.807) is 7.11 Å². The molecule has 0 bridgehead atoms. The summed E-state index contributed by atoms with van der Waals surface area (Å²) in [6.45, 7) is 10.9. The summed E-state index contributed by atoms with van der Waals surface area (Å²) in [5.74, 6) is 0.657. The highest BCUT2D eigenvalue weighted by molar-refractivity contribution is 6.18.